The van der Waals surface area contributed by atoms with Gasteiger partial charge in [0.1, 0.15) is 46.3 Å². The molecule has 8 N–H and O–H groups in total. The molecule has 7 unspecified atom stereocenters. The fraction of sp³-hybridized carbons (Fsp3) is 0.370. The molecule has 1 aromatic carbocycles. The van der Waals surface area contributed by atoms with Crippen molar-refractivity contribution >= 4 is 83.6 Å². The fourth-order valence-electron chi connectivity index (χ4n) is 11.5. The number of hydrogen-bond donors (Lipinski definition) is 8. The SMILES string of the molecule is CC#CC(=O)OC.COC(=O)C1=C(C(=O)OC)C2(CNC(=O)CC(O)(CC(=O)NCC34C=CC(O3)C(C)=C4C(=O)OC)C(=O)NCC34C=CC(O3)C(C(=O)OC)=C4C(=O)OC)C=CC1O2.Cc1ccccc1.O=C(CC(O)(CC(=O)NCc1ccco1)C(=O)NCc1ccco1)NCc1ccco1.O=C=O.O=C=O. The number of esters is 6. The summed E-state index contributed by atoms with van der Waals surface area (Å²) >= 11 is 0. The number of aliphatic hydroxyl groups is 2. The van der Waals surface area contributed by atoms with E-state index < -0.39 is 156 Å². The van der Waals surface area contributed by atoms with E-state index in [1.165, 1.54) is 62.9 Å². The van der Waals surface area contributed by atoms with E-state index in [9.17, 15) is 67.7 Å². The fourth-order valence-corrected chi connectivity index (χ4v) is 11.5. The number of furan rings is 3. The predicted octanol–water partition coefficient (Wildman–Crippen LogP) is -0.0202. The molecule has 10 rings (SSSR count). The summed E-state index contributed by atoms with van der Waals surface area (Å²) in [6, 6.07) is 20.2. The van der Waals surface area contributed by atoms with Gasteiger partial charge in [0.15, 0.2) is 11.2 Å². The Hall–Kier alpha value is -12.7. The Bertz CT molecular complexity index is 4230. The molecule has 0 spiro atoms. The highest BCUT2D eigenvalue weighted by molar-refractivity contribution is 6.07. The first-order valence-corrected chi connectivity index (χ1v) is 32.4. The Morgan fingerprint density at radius 2 is 0.761 bits per heavy atom. The third-order valence-electron chi connectivity index (χ3n) is 16.5. The van der Waals surface area contributed by atoms with E-state index in [0.717, 1.165) is 28.4 Å². The molecule has 36 nitrogen and oxygen atoms in total. The summed E-state index contributed by atoms with van der Waals surface area (Å²) in [6.07, 6.45) is 8.01. The van der Waals surface area contributed by atoms with Gasteiger partial charge in [-0.3, -0.25) is 28.8 Å². The van der Waals surface area contributed by atoms with Gasteiger partial charge in [0.05, 0.1) is 160 Å². The molecule has 36 heteroatoms. The van der Waals surface area contributed by atoms with E-state index in [2.05, 4.69) is 67.5 Å². The lowest BCUT2D eigenvalue weighted by Gasteiger charge is -2.31. The Labute approximate surface area is 620 Å². The minimum absolute atomic E-state index is 0.00380. The first-order chi connectivity index (χ1) is 51.9. The van der Waals surface area contributed by atoms with Crippen molar-refractivity contribution in [3.05, 3.63) is 178 Å². The standard InChI is InChI=1S/C38H41N3O17.C21H23N3O7.C7H8.C5H6O2.2CO2/c1-18-19-7-10-36(56-19,26(18)31(46)53-4)15-39-22(42)13-35(50,34(49)41-17-38-12-9-21(58-38)25(30(45)52-3)28(38)33(48)55-6)14-23(43)40-16-37-11-8-20(57-37)24(29(44)51-2)27(37)32(47)54-5;25-18(22-12-15-4-1-7-29-15)10-21(28,20(27)24-14-17-6-3-9-31-17)11-19(26)23-13-16-5-2-8-30-16;1-7-5-3-2-4-6-7;1-3-4-5(6)7-2;2*2-1-3/h7-12,19-21,50H,13-17H2,1-6H3,(H,39,42)(H,40,43)(H,41,49);1-9,28H,10-14H2,(H,22,25)(H,23,26)(H,24,27);2-6H,1H3;1-2H3;;. The molecule has 0 saturated carbocycles. The monoisotopic (exact) mass is 1520 g/mol. The number of ether oxygens (including phenoxy) is 9. The van der Waals surface area contributed by atoms with Gasteiger partial charge >= 0.3 is 48.1 Å². The number of methoxy groups -OCH3 is 6. The smallest absolute Gasteiger partial charge is 0.384 e. The van der Waals surface area contributed by atoms with Gasteiger partial charge in [0.25, 0.3) is 11.8 Å². The lowest BCUT2D eigenvalue weighted by atomic mass is 9.85. The topological polar surface area (TPSA) is 508 Å². The Balaban J connectivity index is 0.000000343. The molecule has 109 heavy (non-hydrogen) atoms. The summed E-state index contributed by atoms with van der Waals surface area (Å²) in [4.78, 5) is 185. The van der Waals surface area contributed by atoms with Crippen LogP contribution in [0.25, 0.3) is 0 Å². The quantitative estimate of drug-likeness (QED) is 0.0128. The molecule has 0 saturated heterocycles. The van der Waals surface area contributed by atoms with E-state index in [4.69, 9.17) is 70.3 Å². The second-order valence-corrected chi connectivity index (χ2v) is 23.6. The van der Waals surface area contributed by atoms with Crippen molar-refractivity contribution in [2.45, 2.75) is 112 Å². The average molecular weight is 1520 g/mol. The van der Waals surface area contributed by atoms with Crippen LogP contribution in [-0.4, -0.2) is 202 Å². The molecule has 6 amide bonds. The van der Waals surface area contributed by atoms with Crippen LogP contribution in [0.3, 0.4) is 0 Å². The van der Waals surface area contributed by atoms with Crippen molar-refractivity contribution in [1.82, 2.24) is 31.9 Å². The summed E-state index contributed by atoms with van der Waals surface area (Å²) in [6.45, 7) is 4.10. The first-order valence-electron chi connectivity index (χ1n) is 32.4. The molecule has 7 atom stereocenters. The maximum absolute atomic E-state index is 14.0. The van der Waals surface area contributed by atoms with E-state index in [0.29, 0.717) is 22.9 Å². The van der Waals surface area contributed by atoms with Crippen LogP contribution in [0, 0.1) is 18.8 Å². The van der Waals surface area contributed by atoms with Crippen LogP contribution >= 0.6 is 0 Å². The van der Waals surface area contributed by atoms with Gasteiger partial charge in [0, 0.05) is 5.92 Å². The summed E-state index contributed by atoms with van der Waals surface area (Å²) in [5, 5.41) is 38.0. The van der Waals surface area contributed by atoms with Crippen molar-refractivity contribution in [3.63, 3.8) is 0 Å². The molecule has 0 aliphatic carbocycles. The van der Waals surface area contributed by atoms with Crippen LogP contribution < -0.4 is 31.9 Å². The average Bonchev–Trinajstić information content (AvgIpc) is 1.59. The van der Waals surface area contributed by atoms with Gasteiger partial charge in [-0.2, -0.15) is 19.2 Å². The zero-order chi connectivity index (χ0) is 80.7. The minimum Gasteiger partial charge on any atom is -0.467 e. The van der Waals surface area contributed by atoms with Crippen molar-refractivity contribution in [2.75, 3.05) is 62.3 Å². The summed E-state index contributed by atoms with van der Waals surface area (Å²) in [5.41, 5.74) is -8.70. The Kier molecular flexibility index (Phi) is 32.4. The van der Waals surface area contributed by atoms with Crippen LogP contribution in [0.1, 0.15) is 62.4 Å². The largest absolute Gasteiger partial charge is 0.467 e. The molecular weight excluding hydrogens is 1440 g/mol. The zero-order valence-corrected chi connectivity index (χ0v) is 60.2. The number of fused-ring (bicyclic) bond motifs is 6. The van der Waals surface area contributed by atoms with Crippen LogP contribution in [0.4, 0.5) is 0 Å². The van der Waals surface area contributed by atoms with Crippen molar-refractivity contribution in [1.29, 1.82) is 0 Å². The molecule has 4 aromatic rings. The number of hydrogen-bond acceptors (Lipinski definition) is 30. The van der Waals surface area contributed by atoms with Crippen molar-refractivity contribution in [3.8, 4) is 11.8 Å². The maximum Gasteiger partial charge on any atom is 0.384 e. The number of amides is 6. The highest BCUT2D eigenvalue weighted by Crippen LogP contribution is 2.46. The Morgan fingerprint density at radius 3 is 1.09 bits per heavy atom. The van der Waals surface area contributed by atoms with Gasteiger partial charge in [0.2, 0.25) is 23.6 Å². The second-order valence-electron chi connectivity index (χ2n) is 23.6. The van der Waals surface area contributed by atoms with E-state index in [-0.39, 0.29) is 66.3 Å². The molecule has 6 bridgehead atoms. The molecular formula is C73H78N6O30. The minimum atomic E-state index is -2.83. The Morgan fingerprint density at radius 1 is 0.431 bits per heavy atom. The normalized spacial score (nSPS) is 19.7. The number of aryl methyl sites for hydroxylation is 1. The van der Waals surface area contributed by atoms with E-state index >= 15 is 0 Å². The predicted molar refractivity (Wildman–Crippen MR) is 363 cm³/mol. The lowest BCUT2D eigenvalue weighted by molar-refractivity contribution is -0.193. The summed E-state index contributed by atoms with van der Waals surface area (Å²) in [7, 11) is 6.86. The van der Waals surface area contributed by atoms with Crippen LogP contribution in [0.15, 0.2) is 169 Å². The molecule has 6 aliphatic rings. The zero-order valence-electron chi connectivity index (χ0n) is 60.2. The van der Waals surface area contributed by atoms with E-state index in [1.807, 2.05) is 18.2 Å². The van der Waals surface area contributed by atoms with Crippen molar-refractivity contribution < 1.29 is 143 Å². The van der Waals surface area contributed by atoms with Gasteiger partial charge < -0.3 is 98.0 Å². The van der Waals surface area contributed by atoms with E-state index in [1.54, 1.807) is 62.4 Å². The maximum atomic E-state index is 14.0. The number of benzene rings is 1. The lowest BCUT2D eigenvalue weighted by Crippen LogP contribution is -2.56. The number of rotatable bonds is 27. The third-order valence-corrected chi connectivity index (χ3v) is 16.5. The molecule has 0 fully saturated rings. The second kappa shape index (κ2) is 40.7. The summed E-state index contributed by atoms with van der Waals surface area (Å²) in [5.74, 6) is -4.11. The highest BCUT2D eigenvalue weighted by Gasteiger charge is 2.58. The summed E-state index contributed by atoms with van der Waals surface area (Å²) < 4.78 is 61.7. The number of nitrogens with one attached hydrogen (secondary N) is 6. The third kappa shape index (κ3) is 22.6. The highest BCUT2D eigenvalue weighted by atomic mass is 16.6. The molecule has 0 radical (unpaired) electrons. The first kappa shape index (κ1) is 86.9. The van der Waals surface area contributed by atoms with Gasteiger partial charge in [-0.1, -0.05) is 60.0 Å². The molecule has 580 valence electrons. The molecule has 9 heterocycles. The number of carbonyl (C=O) groups is 12. The van der Waals surface area contributed by atoms with Gasteiger partial charge in [-0.05, 0) is 81.0 Å². The van der Waals surface area contributed by atoms with Crippen LogP contribution in [0.5, 0.6) is 0 Å². The molecule has 3 aromatic heterocycles. The van der Waals surface area contributed by atoms with Crippen LogP contribution in [0.2, 0.25) is 0 Å². The van der Waals surface area contributed by atoms with Gasteiger partial charge in [-0.25, -0.2) is 28.8 Å². The number of carbonyl (C=O) groups excluding carboxylic acids is 16. The van der Waals surface area contributed by atoms with Gasteiger partial charge in [-0.15, -0.1) is 0 Å². The van der Waals surface area contributed by atoms with Crippen LogP contribution in [-0.2, 0) is 139 Å². The molecule has 6 aliphatic heterocycles. The van der Waals surface area contributed by atoms with Crippen molar-refractivity contribution in [2.24, 2.45) is 0 Å².